The number of aromatic nitrogens is 2. The Bertz CT molecular complexity index is 658. The zero-order valence-electron chi connectivity index (χ0n) is 10.8. The molecule has 2 rings (SSSR count). The Morgan fingerprint density at radius 2 is 2.10 bits per heavy atom. The van der Waals surface area contributed by atoms with E-state index in [4.69, 9.17) is 5.73 Å². The number of anilines is 2. The lowest BCUT2D eigenvalue weighted by molar-refractivity contribution is -0.384. The van der Waals surface area contributed by atoms with E-state index in [1.54, 1.807) is 6.92 Å². The zero-order chi connectivity index (χ0) is 15.4. The normalized spacial score (nSPS) is 11.9. The Balaban J connectivity index is 1.95. The van der Waals surface area contributed by atoms with Crippen molar-refractivity contribution in [2.75, 3.05) is 11.1 Å². The Kier molecular flexibility index (Phi) is 4.70. The lowest BCUT2D eigenvalue weighted by atomic mass is 10.3. The number of nitrogen functional groups attached to an aromatic ring is 1. The predicted molar refractivity (Wildman–Crippen MR) is 81.4 cm³/mol. The molecule has 2 aromatic rings. The fourth-order valence-corrected chi connectivity index (χ4v) is 3.16. The number of nitro groups is 1. The Morgan fingerprint density at radius 3 is 2.62 bits per heavy atom. The number of non-ortho nitro benzene ring substituents is 1. The van der Waals surface area contributed by atoms with Gasteiger partial charge in [-0.05, 0) is 19.1 Å². The number of hydrogen-bond acceptors (Lipinski definition) is 8. The van der Waals surface area contributed by atoms with Gasteiger partial charge >= 0.3 is 0 Å². The van der Waals surface area contributed by atoms with Crippen molar-refractivity contribution in [2.24, 2.45) is 0 Å². The van der Waals surface area contributed by atoms with E-state index in [1.807, 2.05) is 0 Å². The van der Waals surface area contributed by atoms with Crippen molar-refractivity contribution in [2.45, 2.75) is 16.5 Å². The van der Waals surface area contributed by atoms with Crippen LogP contribution in [0.25, 0.3) is 0 Å². The summed E-state index contributed by atoms with van der Waals surface area (Å²) in [4.78, 5) is 22.0. The van der Waals surface area contributed by atoms with Crippen LogP contribution in [0.4, 0.5) is 16.5 Å². The molecule has 1 aromatic heterocycles. The first-order chi connectivity index (χ1) is 9.95. The van der Waals surface area contributed by atoms with Crippen LogP contribution in [0.3, 0.4) is 0 Å². The molecule has 10 heteroatoms. The molecule has 8 nitrogen and oxygen atoms in total. The maximum absolute atomic E-state index is 12.0. The number of nitro benzene ring substituents is 1. The smallest absolute Gasteiger partial charge is 0.269 e. The van der Waals surface area contributed by atoms with Crippen LogP contribution in [0.15, 0.2) is 28.6 Å². The third-order valence-electron chi connectivity index (χ3n) is 2.41. The monoisotopic (exact) mass is 325 g/mol. The maximum Gasteiger partial charge on any atom is 0.269 e. The maximum atomic E-state index is 12.0. The van der Waals surface area contributed by atoms with Crippen LogP contribution in [-0.2, 0) is 4.79 Å². The van der Waals surface area contributed by atoms with Gasteiger partial charge in [0.05, 0.1) is 10.2 Å². The minimum Gasteiger partial charge on any atom is -0.374 e. The van der Waals surface area contributed by atoms with Crippen LogP contribution >= 0.6 is 23.1 Å². The van der Waals surface area contributed by atoms with Gasteiger partial charge in [0.2, 0.25) is 11.0 Å². The number of benzene rings is 1. The number of nitrogens with one attached hydrogen (secondary N) is 1. The molecule has 1 atom stereocenters. The fourth-order valence-electron chi connectivity index (χ4n) is 1.38. The highest BCUT2D eigenvalue weighted by atomic mass is 32.2. The van der Waals surface area contributed by atoms with Gasteiger partial charge in [-0.2, -0.15) is 0 Å². The highest BCUT2D eigenvalue weighted by Gasteiger charge is 2.17. The second-order valence-electron chi connectivity index (χ2n) is 3.96. The van der Waals surface area contributed by atoms with E-state index < -0.39 is 10.2 Å². The summed E-state index contributed by atoms with van der Waals surface area (Å²) in [6, 6.07) is 5.63. The number of thioether (sulfide) groups is 1. The zero-order valence-corrected chi connectivity index (χ0v) is 12.5. The van der Waals surface area contributed by atoms with Gasteiger partial charge in [0, 0.05) is 17.8 Å². The summed E-state index contributed by atoms with van der Waals surface area (Å²) in [5.41, 5.74) is 5.94. The highest BCUT2D eigenvalue weighted by molar-refractivity contribution is 8.02. The van der Waals surface area contributed by atoms with Gasteiger partial charge < -0.3 is 11.1 Å². The van der Waals surface area contributed by atoms with E-state index in [0.717, 1.165) is 0 Å². The van der Waals surface area contributed by atoms with Crippen LogP contribution in [0.2, 0.25) is 0 Å². The summed E-state index contributed by atoms with van der Waals surface area (Å²) >= 11 is 2.45. The first-order valence-corrected chi connectivity index (χ1v) is 7.46. The molecule has 0 saturated heterocycles. The van der Waals surface area contributed by atoms with Crippen LogP contribution in [-0.4, -0.2) is 26.3 Å². The molecule has 0 spiro atoms. The number of rotatable bonds is 5. The Morgan fingerprint density at radius 1 is 1.43 bits per heavy atom. The van der Waals surface area contributed by atoms with Crippen molar-refractivity contribution in [3.8, 4) is 0 Å². The summed E-state index contributed by atoms with van der Waals surface area (Å²) in [5, 5.41) is 20.7. The lowest BCUT2D eigenvalue weighted by Crippen LogP contribution is -2.22. The average Bonchev–Trinajstić information content (AvgIpc) is 2.84. The van der Waals surface area contributed by atoms with E-state index in [1.165, 1.54) is 47.4 Å². The summed E-state index contributed by atoms with van der Waals surface area (Å²) in [5.74, 6) is -0.234. The van der Waals surface area contributed by atoms with E-state index >= 15 is 0 Å². The van der Waals surface area contributed by atoms with E-state index in [0.29, 0.717) is 15.2 Å². The molecule has 1 amide bonds. The van der Waals surface area contributed by atoms with Gasteiger partial charge in [-0.25, -0.2) is 0 Å². The first-order valence-electron chi connectivity index (χ1n) is 5.76. The predicted octanol–water partition coefficient (Wildman–Crippen LogP) is 2.15. The molecule has 0 aliphatic rings. The Hall–Kier alpha value is -2.20. The summed E-state index contributed by atoms with van der Waals surface area (Å²) in [6.07, 6.45) is 0. The summed E-state index contributed by atoms with van der Waals surface area (Å²) < 4.78 is 0.610. The topological polar surface area (TPSA) is 124 Å². The standard InChI is InChI=1S/C11H11N5O3S2/c1-6(20-11-15-14-10(12)21-11)9(17)13-7-2-4-8(5-3-7)16(18)19/h2-6H,1H3,(H2,12,14)(H,13,17). The van der Waals surface area contributed by atoms with Crippen molar-refractivity contribution >= 4 is 45.5 Å². The van der Waals surface area contributed by atoms with Crippen LogP contribution in [0.5, 0.6) is 0 Å². The lowest BCUT2D eigenvalue weighted by Gasteiger charge is -2.09. The van der Waals surface area contributed by atoms with E-state index in [-0.39, 0.29) is 11.6 Å². The molecule has 0 fully saturated rings. The van der Waals surface area contributed by atoms with Gasteiger partial charge in [0.25, 0.3) is 5.69 Å². The van der Waals surface area contributed by atoms with Crippen molar-refractivity contribution in [1.29, 1.82) is 0 Å². The molecule has 1 heterocycles. The minimum absolute atomic E-state index is 0.0280. The molecule has 0 radical (unpaired) electrons. The van der Waals surface area contributed by atoms with E-state index in [9.17, 15) is 14.9 Å². The van der Waals surface area contributed by atoms with Gasteiger partial charge in [0.15, 0.2) is 4.34 Å². The van der Waals surface area contributed by atoms with Crippen molar-refractivity contribution in [3.63, 3.8) is 0 Å². The average molecular weight is 325 g/mol. The number of amides is 1. The minimum atomic E-state index is -0.496. The summed E-state index contributed by atoms with van der Waals surface area (Å²) in [6.45, 7) is 1.73. The molecule has 0 bridgehead atoms. The molecule has 0 saturated carbocycles. The quantitative estimate of drug-likeness (QED) is 0.490. The van der Waals surface area contributed by atoms with Crippen LogP contribution < -0.4 is 11.1 Å². The van der Waals surface area contributed by atoms with E-state index in [2.05, 4.69) is 15.5 Å². The van der Waals surface area contributed by atoms with Crippen LogP contribution in [0, 0.1) is 10.1 Å². The molecule has 1 aromatic carbocycles. The molecule has 110 valence electrons. The number of carbonyl (C=O) groups excluding carboxylic acids is 1. The van der Waals surface area contributed by atoms with Gasteiger partial charge in [-0.15, -0.1) is 10.2 Å². The molecule has 3 N–H and O–H groups in total. The third kappa shape index (κ3) is 4.13. The van der Waals surface area contributed by atoms with Crippen molar-refractivity contribution in [3.05, 3.63) is 34.4 Å². The Labute approximate surface area is 127 Å². The largest absolute Gasteiger partial charge is 0.374 e. The van der Waals surface area contributed by atoms with Gasteiger partial charge in [0.1, 0.15) is 0 Å². The third-order valence-corrected chi connectivity index (χ3v) is 4.35. The number of nitrogens with zero attached hydrogens (tertiary/aromatic N) is 3. The highest BCUT2D eigenvalue weighted by Crippen LogP contribution is 2.28. The van der Waals surface area contributed by atoms with Crippen LogP contribution in [0.1, 0.15) is 6.92 Å². The van der Waals surface area contributed by atoms with Crippen molar-refractivity contribution in [1.82, 2.24) is 10.2 Å². The summed E-state index contributed by atoms with van der Waals surface area (Å²) in [7, 11) is 0. The molecule has 0 aliphatic heterocycles. The number of carbonyl (C=O) groups is 1. The number of hydrogen-bond donors (Lipinski definition) is 2. The SMILES string of the molecule is CC(Sc1nnc(N)s1)C(=O)Nc1ccc([N+](=O)[O-])cc1. The second-order valence-corrected chi connectivity index (χ2v) is 6.56. The number of nitrogens with two attached hydrogens (primary N) is 1. The van der Waals surface area contributed by atoms with Gasteiger partial charge in [-0.1, -0.05) is 23.1 Å². The van der Waals surface area contributed by atoms with Crippen molar-refractivity contribution < 1.29 is 9.72 Å². The molecule has 1 unspecified atom stereocenters. The molecule has 21 heavy (non-hydrogen) atoms. The van der Waals surface area contributed by atoms with Gasteiger partial charge in [-0.3, -0.25) is 14.9 Å². The first kappa shape index (κ1) is 15.2. The molecular weight excluding hydrogens is 314 g/mol. The molecule has 0 aliphatic carbocycles. The second kappa shape index (κ2) is 6.50. The molecular formula is C11H11N5O3S2. The fraction of sp³-hybridized carbons (Fsp3) is 0.182.